The number of Topliss-reactive ketones (excluding diaryl/α,β-unsaturated/α-hetero) is 1. The lowest BCUT2D eigenvalue weighted by atomic mass is 10.0. The van der Waals surface area contributed by atoms with Crippen LogP contribution in [0.5, 0.6) is 0 Å². The number of benzene rings is 1. The highest BCUT2D eigenvalue weighted by atomic mass is 19.1. The van der Waals surface area contributed by atoms with Crippen molar-refractivity contribution in [3.05, 3.63) is 35.8 Å². The lowest BCUT2D eigenvalue weighted by Crippen LogP contribution is -2.30. The van der Waals surface area contributed by atoms with Gasteiger partial charge in [-0.25, -0.2) is 4.39 Å². The first kappa shape index (κ1) is 12.4. The summed E-state index contributed by atoms with van der Waals surface area (Å²) in [6, 6.07) is 4.53. The molecule has 1 aromatic carbocycles. The zero-order chi connectivity index (χ0) is 13.4. The van der Waals surface area contributed by atoms with Gasteiger partial charge in [0.05, 0.1) is 6.04 Å². The number of rotatable bonds is 3. The summed E-state index contributed by atoms with van der Waals surface area (Å²) in [6.07, 6.45) is 3.75. The van der Waals surface area contributed by atoms with E-state index in [1.807, 2.05) is 17.7 Å². The summed E-state index contributed by atoms with van der Waals surface area (Å²) in [7, 11) is 0. The molecule has 3 rings (SSSR count). The zero-order valence-electron chi connectivity index (χ0n) is 10.9. The lowest BCUT2D eigenvalue weighted by Gasteiger charge is -2.07. The van der Waals surface area contributed by atoms with E-state index in [0.717, 1.165) is 36.8 Å². The van der Waals surface area contributed by atoms with Gasteiger partial charge in [-0.15, -0.1) is 0 Å². The Kier molecular flexibility index (Phi) is 3.11. The smallest absolute Gasteiger partial charge is 0.181 e. The van der Waals surface area contributed by atoms with Crippen molar-refractivity contribution in [2.24, 2.45) is 0 Å². The summed E-state index contributed by atoms with van der Waals surface area (Å²) in [6.45, 7) is 3.68. The first-order valence-corrected chi connectivity index (χ1v) is 6.76. The molecule has 2 heterocycles. The third-order valence-electron chi connectivity index (χ3n) is 3.83. The molecule has 100 valence electrons. The fourth-order valence-electron chi connectivity index (χ4n) is 2.82. The third kappa shape index (κ3) is 2.06. The van der Waals surface area contributed by atoms with Crippen LogP contribution >= 0.6 is 0 Å². The number of nitrogens with one attached hydrogen (secondary N) is 1. The van der Waals surface area contributed by atoms with Crippen LogP contribution in [0.4, 0.5) is 4.39 Å². The summed E-state index contributed by atoms with van der Waals surface area (Å²) in [5.41, 5.74) is 1.56. The van der Waals surface area contributed by atoms with Gasteiger partial charge in [0.25, 0.3) is 0 Å². The van der Waals surface area contributed by atoms with E-state index in [2.05, 4.69) is 5.32 Å². The van der Waals surface area contributed by atoms with Crippen molar-refractivity contribution < 1.29 is 9.18 Å². The van der Waals surface area contributed by atoms with Gasteiger partial charge in [0.2, 0.25) is 0 Å². The predicted molar refractivity (Wildman–Crippen MR) is 72.9 cm³/mol. The quantitative estimate of drug-likeness (QED) is 0.861. The number of halogens is 1. The molecule has 3 nitrogen and oxygen atoms in total. The molecule has 2 aromatic rings. The van der Waals surface area contributed by atoms with E-state index >= 15 is 0 Å². The number of aromatic nitrogens is 1. The Morgan fingerprint density at radius 1 is 1.53 bits per heavy atom. The van der Waals surface area contributed by atoms with Crippen molar-refractivity contribution in [1.82, 2.24) is 9.88 Å². The second-order valence-corrected chi connectivity index (χ2v) is 5.00. The van der Waals surface area contributed by atoms with Crippen molar-refractivity contribution in [3.8, 4) is 0 Å². The Hall–Kier alpha value is -1.68. The molecule has 0 saturated carbocycles. The Labute approximate surface area is 111 Å². The molecule has 1 atom stereocenters. The lowest BCUT2D eigenvalue weighted by molar-refractivity contribution is 0.0954. The highest BCUT2D eigenvalue weighted by Crippen LogP contribution is 2.25. The fourth-order valence-corrected chi connectivity index (χ4v) is 2.82. The van der Waals surface area contributed by atoms with Crippen molar-refractivity contribution >= 4 is 16.7 Å². The number of hydrogen-bond donors (Lipinski definition) is 1. The Morgan fingerprint density at radius 3 is 3.05 bits per heavy atom. The summed E-state index contributed by atoms with van der Waals surface area (Å²) in [4.78, 5) is 12.5. The number of carbonyl (C=O) groups is 1. The number of hydrogen-bond acceptors (Lipinski definition) is 2. The average Bonchev–Trinajstić information content (AvgIpc) is 3.05. The topological polar surface area (TPSA) is 34.0 Å². The van der Waals surface area contributed by atoms with Gasteiger partial charge in [0.15, 0.2) is 5.78 Å². The van der Waals surface area contributed by atoms with Crippen LogP contribution in [-0.4, -0.2) is 22.9 Å². The summed E-state index contributed by atoms with van der Waals surface area (Å²) in [5.74, 6) is -0.213. The Bertz CT molecular complexity index is 626. The highest BCUT2D eigenvalue weighted by molar-refractivity contribution is 6.10. The largest absolute Gasteiger partial charge is 0.347 e. The molecule has 0 amide bonds. The molecule has 1 aliphatic heterocycles. The minimum absolute atomic E-state index is 0.0836. The van der Waals surface area contributed by atoms with E-state index in [-0.39, 0.29) is 17.6 Å². The number of ketones is 1. The van der Waals surface area contributed by atoms with Crippen molar-refractivity contribution in [2.75, 3.05) is 6.54 Å². The van der Waals surface area contributed by atoms with Gasteiger partial charge in [-0.3, -0.25) is 4.79 Å². The summed E-state index contributed by atoms with van der Waals surface area (Å²) >= 11 is 0. The standard InChI is InChI=1S/C15H17FN2O/c1-2-18-9-12(15(19)13-4-3-7-17-13)11-8-10(16)5-6-14(11)18/h5-6,8-9,13,17H,2-4,7H2,1H3. The molecule has 19 heavy (non-hydrogen) atoms. The molecular formula is C15H17FN2O. The molecule has 1 N–H and O–H groups in total. The van der Waals surface area contributed by atoms with Gasteiger partial charge in [0.1, 0.15) is 5.82 Å². The summed E-state index contributed by atoms with van der Waals surface area (Å²) in [5, 5.41) is 3.93. The second kappa shape index (κ2) is 4.78. The van der Waals surface area contributed by atoms with Gasteiger partial charge >= 0.3 is 0 Å². The van der Waals surface area contributed by atoms with Crippen molar-refractivity contribution in [1.29, 1.82) is 0 Å². The van der Waals surface area contributed by atoms with Crippen LogP contribution in [0.1, 0.15) is 30.1 Å². The molecule has 0 spiro atoms. The molecule has 4 heteroatoms. The molecule has 0 bridgehead atoms. The van der Waals surface area contributed by atoms with Crippen LogP contribution < -0.4 is 5.32 Å². The maximum atomic E-state index is 13.4. The minimum Gasteiger partial charge on any atom is -0.347 e. The van der Waals surface area contributed by atoms with Gasteiger partial charge in [-0.05, 0) is 44.5 Å². The molecule has 1 aromatic heterocycles. The molecule has 1 fully saturated rings. The second-order valence-electron chi connectivity index (χ2n) is 5.00. The normalized spacial score (nSPS) is 19.2. The van der Waals surface area contributed by atoms with Gasteiger partial charge in [-0.1, -0.05) is 0 Å². The fraction of sp³-hybridized carbons (Fsp3) is 0.400. The molecule has 0 radical (unpaired) electrons. The van der Waals surface area contributed by atoms with E-state index in [1.54, 1.807) is 6.07 Å². The summed E-state index contributed by atoms with van der Waals surface area (Å²) < 4.78 is 15.4. The molecular weight excluding hydrogens is 243 g/mol. The molecule has 1 saturated heterocycles. The average molecular weight is 260 g/mol. The first-order valence-electron chi connectivity index (χ1n) is 6.76. The van der Waals surface area contributed by atoms with Crippen molar-refractivity contribution in [3.63, 3.8) is 0 Å². The predicted octanol–water partition coefficient (Wildman–Crippen LogP) is 2.74. The van der Waals surface area contributed by atoms with E-state index in [0.29, 0.717) is 5.56 Å². The maximum absolute atomic E-state index is 13.4. The van der Waals surface area contributed by atoms with E-state index in [1.165, 1.54) is 12.1 Å². The van der Waals surface area contributed by atoms with Gasteiger partial charge in [0, 0.05) is 29.2 Å². The zero-order valence-corrected chi connectivity index (χ0v) is 10.9. The van der Waals surface area contributed by atoms with Crippen molar-refractivity contribution in [2.45, 2.75) is 32.4 Å². The van der Waals surface area contributed by atoms with Crippen LogP contribution in [0.25, 0.3) is 10.9 Å². The van der Waals surface area contributed by atoms with Crippen LogP contribution in [0, 0.1) is 5.82 Å². The van der Waals surface area contributed by atoms with E-state index in [4.69, 9.17) is 0 Å². The van der Waals surface area contributed by atoms with Crippen LogP contribution in [-0.2, 0) is 6.54 Å². The van der Waals surface area contributed by atoms with Crippen LogP contribution in [0.15, 0.2) is 24.4 Å². The number of nitrogens with zero attached hydrogens (tertiary/aromatic N) is 1. The van der Waals surface area contributed by atoms with Crippen LogP contribution in [0.2, 0.25) is 0 Å². The molecule has 1 unspecified atom stereocenters. The SMILES string of the molecule is CCn1cc(C(=O)C2CCCN2)c2cc(F)ccc21. The van der Waals surface area contributed by atoms with Gasteiger partial charge in [-0.2, -0.15) is 0 Å². The number of aryl methyl sites for hydroxylation is 1. The van der Waals surface area contributed by atoms with Crippen LogP contribution in [0.3, 0.4) is 0 Å². The molecule has 1 aliphatic rings. The highest BCUT2D eigenvalue weighted by Gasteiger charge is 2.26. The van der Waals surface area contributed by atoms with E-state index in [9.17, 15) is 9.18 Å². The Balaban J connectivity index is 2.11. The maximum Gasteiger partial charge on any atom is 0.181 e. The first-order chi connectivity index (χ1) is 9.20. The third-order valence-corrected chi connectivity index (χ3v) is 3.83. The number of carbonyl (C=O) groups excluding carboxylic acids is 1. The Morgan fingerprint density at radius 2 is 2.37 bits per heavy atom. The van der Waals surface area contributed by atoms with E-state index < -0.39 is 0 Å². The minimum atomic E-state index is -0.296. The van der Waals surface area contributed by atoms with Gasteiger partial charge < -0.3 is 9.88 Å². The number of fused-ring (bicyclic) bond motifs is 1. The monoisotopic (exact) mass is 260 g/mol. The molecule has 0 aliphatic carbocycles.